The van der Waals surface area contributed by atoms with Crippen LogP contribution < -0.4 is 5.32 Å². The van der Waals surface area contributed by atoms with E-state index >= 15 is 0 Å². The fourth-order valence-electron chi connectivity index (χ4n) is 2.07. The molecule has 1 unspecified atom stereocenters. The highest BCUT2D eigenvalue weighted by atomic mass is 35.5. The van der Waals surface area contributed by atoms with Crippen LogP contribution in [0.25, 0.3) is 0 Å². The molecule has 1 N–H and O–H groups in total. The standard InChI is InChI=1S/C13H18ClNOS/c1-16-7-2-6-15-12-5-8-17-13-4-3-10(14)9-11(12)13/h3-4,9,12,15H,2,5-8H2,1H3. The Morgan fingerprint density at radius 2 is 2.41 bits per heavy atom. The largest absolute Gasteiger partial charge is 0.385 e. The van der Waals surface area contributed by atoms with Gasteiger partial charge in [0.15, 0.2) is 0 Å². The van der Waals surface area contributed by atoms with Crippen molar-refractivity contribution in [1.82, 2.24) is 5.32 Å². The minimum absolute atomic E-state index is 0.446. The number of nitrogens with one attached hydrogen (secondary N) is 1. The minimum Gasteiger partial charge on any atom is -0.385 e. The van der Waals surface area contributed by atoms with Gasteiger partial charge < -0.3 is 10.1 Å². The minimum atomic E-state index is 0.446. The van der Waals surface area contributed by atoms with Crippen LogP contribution in [-0.2, 0) is 4.74 Å². The molecule has 0 spiro atoms. The molecule has 1 atom stereocenters. The van der Waals surface area contributed by atoms with Gasteiger partial charge in [0.05, 0.1) is 0 Å². The van der Waals surface area contributed by atoms with Crippen LogP contribution in [-0.4, -0.2) is 26.0 Å². The number of ether oxygens (including phenoxy) is 1. The van der Waals surface area contributed by atoms with Gasteiger partial charge in [0.2, 0.25) is 0 Å². The Kier molecular flexibility index (Phi) is 5.16. The van der Waals surface area contributed by atoms with E-state index in [1.807, 2.05) is 17.8 Å². The summed E-state index contributed by atoms with van der Waals surface area (Å²) in [5.41, 5.74) is 1.35. The lowest BCUT2D eigenvalue weighted by Crippen LogP contribution is -2.26. The second-order valence-corrected chi connectivity index (χ2v) is 5.75. The van der Waals surface area contributed by atoms with Crippen LogP contribution in [0.2, 0.25) is 5.02 Å². The summed E-state index contributed by atoms with van der Waals surface area (Å²) in [5.74, 6) is 1.18. The van der Waals surface area contributed by atoms with E-state index in [9.17, 15) is 0 Å². The Bertz CT molecular complexity index is 372. The smallest absolute Gasteiger partial charge is 0.0474 e. The van der Waals surface area contributed by atoms with E-state index in [4.69, 9.17) is 16.3 Å². The van der Waals surface area contributed by atoms with E-state index in [0.717, 1.165) is 24.6 Å². The summed E-state index contributed by atoms with van der Waals surface area (Å²) >= 11 is 7.99. The molecule has 2 nitrogen and oxygen atoms in total. The van der Waals surface area contributed by atoms with Crippen LogP contribution in [0, 0.1) is 0 Å². The fraction of sp³-hybridized carbons (Fsp3) is 0.538. The number of hydrogen-bond donors (Lipinski definition) is 1. The summed E-state index contributed by atoms with van der Waals surface area (Å²) in [5, 5.41) is 4.42. The Balaban J connectivity index is 1.98. The first-order valence-corrected chi connectivity index (χ1v) is 7.32. The zero-order valence-electron chi connectivity index (χ0n) is 10.0. The molecule has 0 fully saturated rings. The van der Waals surface area contributed by atoms with Crippen molar-refractivity contribution in [3.05, 3.63) is 28.8 Å². The lowest BCUT2D eigenvalue weighted by molar-refractivity contribution is 0.193. The van der Waals surface area contributed by atoms with Crippen LogP contribution in [0.5, 0.6) is 0 Å². The molecule has 0 radical (unpaired) electrons. The average Bonchev–Trinajstić information content (AvgIpc) is 2.35. The fourth-order valence-corrected chi connectivity index (χ4v) is 3.36. The first-order chi connectivity index (χ1) is 8.31. The molecule has 1 aromatic carbocycles. The molecule has 2 rings (SSSR count). The summed E-state index contributed by atoms with van der Waals surface area (Å²) in [6.45, 7) is 1.81. The molecule has 0 saturated carbocycles. The maximum atomic E-state index is 6.07. The molecular formula is C13H18ClNOS. The summed E-state index contributed by atoms with van der Waals surface area (Å²) in [4.78, 5) is 1.37. The highest BCUT2D eigenvalue weighted by Gasteiger charge is 2.20. The second kappa shape index (κ2) is 6.64. The zero-order valence-corrected chi connectivity index (χ0v) is 11.6. The molecule has 1 aromatic rings. The molecule has 0 aliphatic carbocycles. The molecule has 0 amide bonds. The van der Waals surface area contributed by atoms with E-state index in [0.29, 0.717) is 6.04 Å². The molecule has 1 aliphatic rings. The third-order valence-corrected chi connectivity index (χ3v) is 4.29. The highest BCUT2D eigenvalue weighted by molar-refractivity contribution is 7.99. The topological polar surface area (TPSA) is 21.3 Å². The van der Waals surface area contributed by atoms with Crippen LogP contribution >= 0.6 is 23.4 Å². The van der Waals surface area contributed by atoms with E-state index in [-0.39, 0.29) is 0 Å². The number of halogens is 1. The number of hydrogen-bond acceptors (Lipinski definition) is 3. The van der Waals surface area contributed by atoms with Crippen molar-refractivity contribution in [1.29, 1.82) is 0 Å². The van der Waals surface area contributed by atoms with Gasteiger partial charge in [-0.05, 0) is 48.9 Å². The lowest BCUT2D eigenvalue weighted by atomic mass is 10.0. The summed E-state index contributed by atoms with van der Waals surface area (Å²) in [6.07, 6.45) is 2.22. The molecule has 94 valence electrons. The number of benzene rings is 1. The van der Waals surface area contributed by atoms with Crippen molar-refractivity contribution >= 4 is 23.4 Å². The second-order valence-electron chi connectivity index (χ2n) is 4.17. The van der Waals surface area contributed by atoms with Crippen molar-refractivity contribution in [2.75, 3.05) is 26.0 Å². The van der Waals surface area contributed by atoms with E-state index in [1.54, 1.807) is 7.11 Å². The highest BCUT2D eigenvalue weighted by Crippen LogP contribution is 2.37. The first kappa shape index (κ1) is 13.2. The van der Waals surface area contributed by atoms with Gasteiger partial charge in [-0.1, -0.05) is 11.6 Å². The molecule has 0 bridgehead atoms. The van der Waals surface area contributed by atoms with Crippen molar-refractivity contribution in [2.45, 2.75) is 23.8 Å². The van der Waals surface area contributed by atoms with Crippen LogP contribution in [0.3, 0.4) is 0 Å². The van der Waals surface area contributed by atoms with Gasteiger partial charge in [-0.2, -0.15) is 0 Å². The van der Waals surface area contributed by atoms with Gasteiger partial charge in [0.1, 0.15) is 0 Å². The van der Waals surface area contributed by atoms with Gasteiger partial charge >= 0.3 is 0 Å². The van der Waals surface area contributed by atoms with Crippen molar-refractivity contribution < 1.29 is 4.74 Å². The molecular weight excluding hydrogens is 254 g/mol. The van der Waals surface area contributed by atoms with Crippen molar-refractivity contribution in [3.8, 4) is 0 Å². The molecule has 0 aromatic heterocycles. The molecule has 1 aliphatic heterocycles. The maximum absolute atomic E-state index is 6.07. The van der Waals surface area contributed by atoms with Gasteiger partial charge in [0.25, 0.3) is 0 Å². The predicted octanol–water partition coefficient (Wildman–Crippen LogP) is 3.50. The summed E-state index contributed by atoms with van der Waals surface area (Å²) < 4.78 is 5.05. The van der Waals surface area contributed by atoms with Gasteiger partial charge in [-0.25, -0.2) is 0 Å². The maximum Gasteiger partial charge on any atom is 0.0474 e. The summed E-state index contributed by atoms with van der Waals surface area (Å²) in [6, 6.07) is 6.64. The van der Waals surface area contributed by atoms with Gasteiger partial charge in [-0.3, -0.25) is 0 Å². The summed E-state index contributed by atoms with van der Waals surface area (Å²) in [7, 11) is 1.74. The van der Waals surface area contributed by atoms with Crippen LogP contribution in [0.15, 0.2) is 23.1 Å². The van der Waals surface area contributed by atoms with Crippen LogP contribution in [0.4, 0.5) is 0 Å². The van der Waals surface area contributed by atoms with Gasteiger partial charge in [0, 0.05) is 29.7 Å². The monoisotopic (exact) mass is 271 g/mol. The number of fused-ring (bicyclic) bond motifs is 1. The Morgan fingerprint density at radius 3 is 3.24 bits per heavy atom. The van der Waals surface area contributed by atoms with E-state index < -0.39 is 0 Å². The van der Waals surface area contributed by atoms with Gasteiger partial charge in [-0.15, -0.1) is 11.8 Å². The SMILES string of the molecule is COCCCNC1CCSc2ccc(Cl)cc21. The number of thioether (sulfide) groups is 1. The Hall–Kier alpha value is -0.220. The molecule has 4 heteroatoms. The molecule has 0 saturated heterocycles. The first-order valence-electron chi connectivity index (χ1n) is 5.96. The average molecular weight is 272 g/mol. The molecule has 17 heavy (non-hydrogen) atoms. The quantitative estimate of drug-likeness (QED) is 0.828. The Morgan fingerprint density at radius 1 is 1.53 bits per heavy atom. The number of rotatable bonds is 5. The third-order valence-electron chi connectivity index (χ3n) is 2.93. The van der Waals surface area contributed by atoms with Crippen LogP contribution in [0.1, 0.15) is 24.4 Å². The predicted molar refractivity (Wildman–Crippen MR) is 74.0 cm³/mol. The van der Waals surface area contributed by atoms with Crippen molar-refractivity contribution in [3.63, 3.8) is 0 Å². The Labute approximate surface area is 112 Å². The van der Waals surface area contributed by atoms with Crippen molar-refractivity contribution in [2.24, 2.45) is 0 Å². The van der Waals surface area contributed by atoms with E-state index in [1.165, 1.54) is 22.6 Å². The van der Waals surface area contributed by atoms with E-state index in [2.05, 4.69) is 17.4 Å². The lowest BCUT2D eigenvalue weighted by Gasteiger charge is -2.26. The zero-order chi connectivity index (χ0) is 12.1. The third kappa shape index (κ3) is 3.62. The number of methoxy groups -OCH3 is 1. The molecule has 1 heterocycles. The normalized spacial score (nSPS) is 19.1.